The number of nitrogens with zero attached hydrogens (tertiary/aromatic N) is 1. The summed E-state index contributed by atoms with van der Waals surface area (Å²) in [4.78, 5) is 11.4. The number of amides is 1. The summed E-state index contributed by atoms with van der Waals surface area (Å²) in [5.41, 5.74) is 1.94. The average Bonchev–Trinajstić information content (AvgIpc) is 2.59. The number of fused-ring (bicyclic) bond motifs is 1. The van der Waals surface area contributed by atoms with Crippen LogP contribution in [0.1, 0.15) is 18.1 Å². The van der Waals surface area contributed by atoms with Crippen LogP contribution in [-0.4, -0.2) is 57.1 Å². The minimum atomic E-state index is -3.48. The van der Waals surface area contributed by atoms with Gasteiger partial charge in [-0.3, -0.25) is 4.79 Å². The van der Waals surface area contributed by atoms with Gasteiger partial charge >= 0.3 is 0 Å². The van der Waals surface area contributed by atoms with E-state index in [1.807, 2.05) is 12.1 Å². The first-order chi connectivity index (χ1) is 11.8. The smallest absolute Gasteiger partial charge is 0.237 e. The summed E-state index contributed by atoms with van der Waals surface area (Å²) in [5, 5.41) is 1.83. The molecule has 0 aromatic heterocycles. The first-order valence-electron chi connectivity index (χ1n) is 7.92. The zero-order chi connectivity index (χ0) is 18.6. The summed E-state index contributed by atoms with van der Waals surface area (Å²) in [5.74, 6) is 0.669. The third-order valence-electron chi connectivity index (χ3n) is 4.10. The molecule has 1 aromatic carbocycles. The first kappa shape index (κ1) is 19.8. The van der Waals surface area contributed by atoms with Gasteiger partial charge < -0.3 is 14.8 Å². The van der Waals surface area contributed by atoms with Gasteiger partial charge in [-0.15, -0.1) is 11.6 Å². The summed E-state index contributed by atoms with van der Waals surface area (Å²) in [6.45, 7) is 2.24. The molecular weight excluding hydrogens is 368 g/mol. The molecule has 1 aliphatic rings. The Morgan fingerprint density at radius 3 is 2.44 bits per heavy atom. The molecule has 0 spiro atoms. The Morgan fingerprint density at radius 1 is 1.28 bits per heavy atom. The zero-order valence-corrected chi connectivity index (χ0v) is 16.1. The predicted molar refractivity (Wildman–Crippen MR) is 95.8 cm³/mol. The van der Waals surface area contributed by atoms with Crippen LogP contribution in [0.15, 0.2) is 12.1 Å². The number of benzene rings is 1. The average molecular weight is 391 g/mol. The first-order valence-corrected chi connectivity index (χ1v) is 9.96. The van der Waals surface area contributed by atoms with E-state index in [0.29, 0.717) is 24.5 Å². The normalized spacial score (nSPS) is 16.0. The molecule has 0 saturated heterocycles. The van der Waals surface area contributed by atoms with E-state index < -0.39 is 15.4 Å². The molecule has 0 aliphatic carbocycles. The maximum absolute atomic E-state index is 12.5. The van der Waals surface area contributed by atoms with E-state index in [9.17, 15) is 13.2 Å². The molecule has 1 amide bonds. The van der Waals surface area contributed by atoms with E-state index in [-0.39, 0.29) is 24.7 Å². The van der Waals surface area contributed by atoms with Crippen molar-refractivity contribution < 1.29 is 22.7 Å². The highest BCUT2D eigenvalue weighted by atomic mass is 35.5. The number of carbonyl (C=O) groups is 1. The fraction of sp³-hybridized carbons (Fsp3) is 0.562. The maximum Gasteiger partial charge on any atom is 0.237 e. The number of hydrogen-bond donors (Lipinski definition) is 1. The molecule has 1 aromatic rings. The number of rotatable bonds is 7. The minimum absolute atomic E-state index is 0.0352. The predicted octanol–water partition coefficient (Wildman–Crippen LogP) is 1.14. The van der Waals surface area contributed by atoms with Crippen LogP contribution in [0.2, 0.25) is 0 Å². The van der Waals surface area contributed by atoms with E-state index in [4.69, 9.17) is 21.1 Å². The van der Waals surface area contributed by atoms with Crippen LogP contribution in [0.3, 0.4) is 0 Å². The molecule has 7 nitrogen and oxygen atoms in total. The molecular formula is C16H23ClN2O5S. The van der Waals surface area contributed by atoms with Crippen LogP contribution in [0.25, 0.3) is 0 Å². The van der Waals surface area contributed by atoms with Crippen molar-refractivity contribution in [2.45, 2.75) is 25.3 Å². The van der Waals surface area contributed by atoms with Gasteiger partial charge in [0.1, 0.15) is 5.38 Å². The van der Waals surface area contributed by atoms with Gasteiger partial charge in [0.2, 0.25) is 15.9 Å². The van der Waals surface area contributed by atoms with Crippen molar-refractivity contribution in [2.75, 3.05) is 33.1 Å². The standard InChI is InChI=1S/C16H23ClN2O5S/c1-11(17)16(20)18-5-7-25(21,22)19-6-4-12-8-14(23-2)15(24-3)9-13(12)10-19/h8-9,11H,4-7,10H2,1-3H3,(H,18,20). The number of carbonyl (C=O) groups excluding carboxylic acids is 1. The highest BCUT2D eigenvalue weighted by molar-refractivity contribution is 7.89. The van der Waals surface area contributed by atoms with Gasteiger partial charge in [-0.1, -0.05) is 0 Å². The molecule has 140 valence electrons. The Hall–Kier alpha value is -1.51. The topological polar surface area (TPSA) is 84.9 Å². The monoisotopic (exact) mass is 390 g/mol. The fourth-order valence-electron chi connectivity index (χ4n) is 2.67. The van der Waals surface area contributed by atoms with Crippen molar-refractivity contribution in [1.29, 1.82) is 0 Å². The summed E-state index contributed by atoms with van der Waals surface area (Å²) in [6.07, 6.45) is 0.597. The van der Waals surface area contributed by atoms with Gasteiger partial charge in [0, 0.05) is 19.6 Å². The van der Waals surface area contributed by atoms with Crippen molar-refractivity contribution >= 4 is 27.5 Å². The summed E-state index contributed by atoms with van der Waals surface area (Å²) >= 11 is 5.64. The quantitative estimate of drug-likeness (QED) is 0.705. The Bertz CT molecular complexity index is 736. The molecule has 0 bridgehead atoms. The van der Waals surface area contributed by atoms with Crippen LogP contribution in [0.4, 0.5) is 0 Å². The molecule has 1 aliphatic heterocycles. The molecule has 9 heteroatoms. The third-order valence-corrected chi connectivity index (χ3v) is 6.11. The lowest BCUT2D eigenvalue weighted by atomic mass is 10.0. The second-order valence-electron chi connectivity index (χ2n) is 5.78. The Balaban J connectivity index is 2.07. The summed E-state index contributed by atoms with van der Waals surface area (Å²) in [7, 11) is -0.366. The lowest BCUT2D eigenvalue weighted by molar-refractivity contribution is -0.120. The summed E-state index contributed by atoms with van der Waals surface area (Å²) in [6, 6.07) is 3.70. The lowest BCUT2D eigenvalue weighted by Crippen LogP contribution is -2.41. The zero-order valence-electron chi connectivity index (χ0n) is 14.5. The van der Waals surface area contributed by atoms with Crippen LogP contribution in [-0.2, 0) is 27.8 Å². The Morgan fingerprint density at radius 2 is 1.88 bits per heavy atom. The van der Waals surface area contributed by atoms with Crippen molar-refractivity contribution in [3.8, 4) is 11.5 Å². The van der Waals surface area contributed by atoms with Crippen molar-refractivity contribution in [1.82, 2.24) is 9.62 Å². The molecule has 0 saturated carbocycles. The van der Waals surface area contributed by atoms with Crippen molar-refractivity contribution in [2.24, 2.45) is 0 Å². The summed E-state index contributed by atoms with van der Waals surface area (Å²) < 4.78 is 37.0. The lowest BCUT2D eigenvalue weighted by Gasteiger charge is -2.29. The van der Waals surface area contributed by atoms with Crippen molar-refractivity contribution in [3.63, 3.8) is 0 Å². The molecule has 0 fully saturated rings. The molecule has 25 heavy (non-hydrogen) atoms. The van der Waals surface area contributed by atoms with E-state index in [2.05, 4.69) is 5.32 Å². The second kappa shape index (κ2) is 8.25. The number of sulfonamides is 1. The van der Waals surface area contributed by atoms with Crippen LogP contribution in [0, 0.1) is 0 Å². The number of nitrogens with one attached hydrogen (secondary N) is 1. The van der Waals surface area contributed by atoms with Gasteiger partial charge in [-0.05, 0) is 36.6 Å². The molecule has 1 unspecified atom stereocenters. The van der Waals surface area contributed by atoms with Crippen LogP contribution in [0.5, 0.6) is 11.5 Å². The number of methoxy groups -OCH3 is 2. The van der Waals surface area contributed by atoms with E-state index in [1.165, 1.54) is 11.2 Å². The molecule has 1 heterocycles. The van der Waals surface area contributed by atoms with Crippen molar-refractivity contribution in [3.05, 3.63) is 23.3 Å². The molecule has 0 radical (unpaired) electrons. The second-order valence-corrected chi connectivity index (χ2v) is 8.53. The van der Waals surface area contributed by atoms with Gasteiger partial charge in [0.05, 0.1) is 20.0 Å². The van der Waals surface area contributed by atoms with Gasteiger partial charge in [-0.2, -0.15) is 4.31 Å². The minimum Gasteiger partial charge on any atom is -0.493 e. The largest absolute Gasteiger partial charge is 0.493 e. The highest BCUT2D eigenvalue weighted by Gasteiger charge is 2.27. The van der Waals surface area contributed by atoms with Crippen LogP contribution < -0.4 is 14.8 Å². The number of halogens is 1. The van der Waals surface area contributed by atoms with Crippen LogP contribution >= 0.6 is 11.6 Å². The van der Waals surface area contributed by atoms with E-state index >= 15 is 0 Å². The van der Waals surface area contributed by atoms with Gasteiger partial charge in [0.15, 0.2) is 11.5 Å². The van der Waals surface area contributed by atoms with E-state index in [0.717, 1.165) is 11.1 Å². The van der Waals surface area contributed by atoms with Gasteiger partial charge in [-0.25, -0.2) is 8.42 Å². The number of alkyl halides is 1. The fourth-order valence-corrected chi connectivity index (χ4v) is 4.07. The number of hydrogen-bond acceptors (Lipinski definition) is 5. The highest BCUT2D eigenvalue weighted by Crippen LogP contribution is 2.33. The SMILES string of the molecule is COc1cc2c(cc1OC)CN(S(=O)(=O)CCNC(=O)C(C)Cl)CC2. The molecule has 1 atom stereocenters. The molecule has 1 N–H and O–H groups in total. The Labute approximate surface area is 153 Å². The van der Waals surface area contributed by atoms with Gasteiger partial charge in [0.25, 0.3) is 0 Å². The third kappa shape index (κ3) is 4.77. The molecule has 2 rings (SSSR count). The Kier molecular flexibility index (Phi) is 6.53. The number of ether oxygens (including phenoxy) is 2. The van der Waals surface area contributed by atoms with E-state index in [1.54, 1.807) is 14.2 Å². The maximum atomic E-state index is 12.5.